The molecule has 31 heavy (non-hydrogen) atoms. The molecular formula is C28H38O3. The monoisotopic (exact) mass is 422 g/mol. The molecule has 1 atom stereocenters. The van der Waals surface area contributed by atoms with Crippen molar-refractivity contribution >= 4 is 0 Å². The van der Waals surface area contributed by atoms with Crippen molar-refractivity contribution in [2.24, 2.45) is 0 Å². The second-order valence-electron chi connectivity index (χ2n) is 9.17. The van der Waals surface area contributed by atoms with E-state index < -0.39 is 5.79 Å². The average molecular weight is 423 g/mol. The summed E-state index contributed by atoms with van der Waals surface area (Å²) in [6, 6.07) is 13.6. The van der Waals surface area contributed by atoms with E-state index in [-0.39, 0.29) is 11.5 Å². The van der Waals surface area contributed by atoms with Crippen LogP contribution >= 0.6 is 0 Å². The van der Waals surface area contributed by atoms with Crippen LogP contribution in [0.15, 0.2) is 49.1 Å². The second-order valence-corrected chi connectivity index (χ2v) is 9.17. The Hall–Kier alpha value is -2.10. The minimum atomic E-state index is -0.520. The smallest absolute Gasteiger partial charge is 0.163 e. The first-order chi connectivity index (χ1) is 14.7. The molecule has 0 bridgehead atoms. The third-order valence-corrected chi connectivity index (χ3v) is 6.69. The first-order valence-electron chi connectivity index (χ1n) is 11.5. The summed E-state index contributed by atoms with van der Waals surface area (Å²) in [5, 5.41) is 0. The maximum Gasteiger partial charge on any atom is 0.163 e. The quantitative estimate of drug-likeness (QED) is 0.422. The Morgan fingerprint density at radius 2 is 1.71 bits per heavy atom. The molecule has 1 aliphatic rings. The fourth-order valence-corrected chi connectivity index (χ4v) is 4.75. The molecule has 0 aliphatic carbocycles. The van der Waals surface area contributed by atoms with Crippen LogP contribution in [0.5, 0.6) is 5.75 Å². The van der Waals surface area contributed by atoms with Gasteiger partial charge in [0, 0.05) is 5.41 Å². The van der Waals surface area contributed by atoms with E-state index in [1.54, 1.807) is 0 Å². The summed E-state index contributed by atoms with van der Waals surface area (Å²) in [5.74, 6) is 0.393. The Balaban J connectivity index is 1.84. The van der Waals surface area contributed by atoms with Crippen LogP contribution in [0.3, 0.4) is 0 Å². The molecule has 0 radical (unpaired) electrons. The summed E-state index contributed by atoms with van der Waals surface area (Å²) in [6.45, 7) is 17.7. The molecule has 0 saturated carbocycles. The minimum absolute atomic E-state index is 0.00676. The second kappa shape index (κ2) is 9.58. The maximum atomic E-state index is 6.10. The summed E-state index contributed by atoms with van der Waals surface area (Å²) < 4.78 is 17.6. The van der Waals surface area contributed by atoms with Gasteiger partial charge in [-0.3, -0.25) is 0 Å². The molecule has 0 spiro atoms. The Labute approximate surface area is 188 Å². The lowest BCUT2D eigenvalue weighted by Gasteiger charge is -2.34. The topological polar surface area (TPSA) is 27.7 Å². The predicted molar refractivity (Wildman–Crippen MR) is 128 cm³/mol. The molecule has 0 N–H and O–H groups in total. The predicted octanol–water partition coefficient (Wildman–Crippen LogP) is 6.67. The molecule has 3 heteroatoms. The van der Waals surface area contributed by atoms with Gasteiger partial charge in [0.05, 0.1) is 6.61 Å². The lowest BCUT2D eigenvalue weighted by atomic mass is 9.70. The third-order valence-electron chi connectivity index (χ3n) is 6.69. The molecular weight excluding hydrogens is 384 g/mol. The van der Waals surface area contributed by atoms with Gasteiger partial charge < -0.3 is 14.2 Å². The van der Waals surface area contributed by atoms with Crippen LogP contribution in [-0.2, 0) is 21.3 Å². The van der Waals surface area contributed by atoms with Crippen molar-refractivity contribution in [1.29, 1.82) is 0 Å². The summed E-state index contributed by atoms with van der Waals surface area (Å²) in [4.78, 5) is 0. The van der Waals surface area contributed by atoms with Crippen molar-refractivity contribution in [3.8, 4) is 5.75 Å². The Morgan fingerprint density at radius 3 is 2.23 bits per heavy atom. The van der Waals surface area contributed by atoms with E-state index in [0.717, 1.165) is 30.6 Å². The summed E-state index contributed by atoms with van der Waals surface area (Å²) in [6.07, 6.45) is 4.95. The van der Waals surface area contributed by atoms with E-state index in [2.05, 4.69) is 70.7 Å². The van der Waals surface area contributed by atoms with E-state index in [1.165, 1.54) is 22.3 Å². The van der Waals surface area contributed by atoms with E-state index in [9.17, 15) is 0 Å². The van der Waals surface area contributed by atoms with E-state index in [1.807, 2.05) is 19.9 Å². The van der Waals surface area contributed by atoms with Crippen molar-refractivity contribution in [2.45, 2.75) is 78.1 Å². The van der Waals surface area contributed by atoms with E-state index in [4.69, 9.17) is 14.2 Å². The molecule has 0 unspecified atom stereocenters. The van der Waals surface area contributed by atoms with E-state index in [0.29, 0.717) is 13.2 Å². The highest BCUT2D eigenvalue weighted by Gasteiger charge is 2.34. The van der Waals surface area contributed by atoms with Gasteiger partial charge in [-0.2, -0.15) is 0 Å². The number of allylic oxidation sites excluding steroid dienone is 1. The molecule has 3 rings (SSSR count). The molecule has 1 fully saturated rings. The largest absolute Gasteiger partial charge is 0.491 e. The lowest BCUT2D eigenvalue weighted by molar-refractivity contribution is -0.141. The maximum absolute atomic E-state index is 6.10. The first kappa shape index (κ1) is 23.6. The van der Waals surface area contributed by atoms with Crippen LogP contribution in [0, 0.1) is 13.8 Å². The summed E-state index contributed by atoms with van der Waals surface area (Å²) in [7, 11) is 0. The standard InChI is InChI=1S/C28H38O3/c1-8-11-22-12-13-23(16-20(22)4)28(9-2,10-3)24-14-15-26(21(5)17-24)29-18-25-19-30-27(6,7)31-25/h8,12-17,25H,1,9-11,18-19H2,2-7H3/t25-/m1/s1. The normalized spacial score (nSPS) is 18.2. The summed E-state index contributed by atoms with van der Waals surface area (Å²) >= 11 is 0. The molecule has 0 aromatic heterocycles. The SMILES string of the molecule is C=CCc1ccc(C(CC)(CC)c2ccc(OC[C@@H]3COC(C)(C)O3)c(C)c2)cc1C. The highest BCUT2D eigenvalue weighted by atomic mass is 16.7. The molecule has 1 saturated heterocycles. The van der Waals surface area contributed by atoms with Gasteiger partial charge in [0.1, 0.15) is 18.5 Å². The van der Waals surface area contributed by atoms with Crippen LogP contribution in [0.1, 0.15) is 68.4 Å². The van der Waals surface area contributed by atoms with Crippen LogP contribution in [0.4, 0.5) is 0 Å². The molecule has 168 valence electrons. The zero-order chi connectivity index (χ0) is 22.6. The molecule has 2 aromatic rings. The van der Waals surface area contributed by atoms with Crippen LogP contribution in [-0.4, -0.2) is 25.1 Å². The van der Waals surface area contributed by atoms with Crippen LogP contribution in [0.25, 0.3) is 0 Å². The average Bonchev–Trinajstić information content (AvgIpc) is 3.09. The number of aryl methyl sites for hydroxylation is 2. The lowest BCUT2D eigenvalue weighted by Crippen LogP contribution is -2.27. The Morgan fingerprint density at radius 1 is 1.06 bits per heavy atom. The fourth-order valence-electron chi connectivity index (χ4n) is 4.75. The van der Waals surface area contributed by atoms with Crippen molar-refractivity contribution in [3.63, 3.8) is 0 Å². The fraction of sp³-hybridized carbons (Fsp3) is 0.500. The molecule has 1 aliphatic heterocycles. The number of benzene rings is 2. The van der Waals surface area contributed by atoms with Crippen LogP contribution in [0.2, 0.25) is 0 Å². The number of ether oxygens (including phenoxy) is 3. The van der Waals surface area contributed by atoms with Gasteiger partial charge in [-0.15, -0.1) is 6.58 Å². The molecule has 3 nitrogen and oxygen atoms in total. The Kier molecular flexibility index (Phi) is 7.28. The molecule has 0 amide bonds. The molecule has 2 aromatic carbocycles. The highest BCUT2D eigenvalue weighted by molar-refractivity contribution is 5.47. The zero-order valence-corrected chi connectivity index (χ0v) is 20.1. The first-order valence-corrected chi connectivity index (χ1v) is 11.5. The van der Waals surface area contributed by atoms with Crippen molar-refractivity contribution in [1.82, 2.24) is 0 Å². The number of hydrogen-bond donors (Lipinski definition) is 0. The van der Waals surface area contributed by atoms with Gasteiger partial charge in [-0.05, 0) is 80.8 Å². The van der Waals surface area contributed by atoms with Gasteiger partial charge >= 0.3 is 0 Å². The van der Waals surface area contributed by atoms with Crippen LogP contribution < -0.4 is 4.74 Å². The number of rotatable bonds is 9. The van der Waals surface area contributed by atoms with Crippen molar-refractivity contribution in [2.75, 3.05) is 13.2 Å². The van der Waals surface area contributed by atoms with Gasteiger partial charge in [0.2, 0.25) is 0 Å². The van der Waals surface area contributed by atoms with Gasteiger partial charge in [0.15, 0.2) is 5.79 Å². The zero-order valence-electron chi connectivity index (χ0n) is 20.1. The van der Waals surface area contributed by atoms with E-state index >= 15 is 0 Å². The number of hydrogen-bond acceptors (Lipinski definition) is 3. The highest BCUT2D eigenvalue weighted by Crippen LogP contribution is 2.41. The molecule has 1 heterocycles. The third kappa shape index (κ3) is 5.05. The Bertz CT molecular complexity index is 908. The summed E-state index contributed by atoms with van der Waals surface area (Å²) in [5.41, 5.74) is 6.56. The minimum Gasteiger partial charge on any atom is -0.491 e. The van der Waals surface area contributed by atoms with Gasteiger partial charge in [-0.1, -0.05) is 50.3 Å². The van der Waals surface area contributed by atoms with Crippen molar-refractivity contribution < 1.29 is 14.2 Å². The van der Waals surface area contributed by atoms with Gasteiger partial charge in [0.25, 0.3) is 0 Å². The van der Waals surface area contributed by atoms with Crippen molar-refractivity contribution in [3.05, 3.63) is 76.9 Å². The van der Waals surface area contributed by atoms with Gasteiger partial charge in [-0.25, -0.2) is 0 Å².